The standard InChI is InChI=1S/C13H16N2/c1-9(2)7-10-5-6-15-13-4-3-11(14)8-12(10)13/h3-6,8-9H,7,14H2,1-2H3. The molecule has 2 aromatic rings. The molecule has 1 aromatic heterocycles. The maximum absolute atomic E-state index is 5.80. The van der Waals surface area contributed by atoms with Gasteiger partial charge >= 0.3 is 0 Å². The highest BCUT2D eigenvalue weighted by Crippen LogP contribution is 2.21. The van der Waals surface area contributed by atoms with E-state index in [0.29, 0.717) is 5.92 Å². The number of nitrogen functional groups attached to an aromatic ring is 1. The zero-order valence-corrected chi connectivity index (χ0v) is 9.20. The molecule has 2 nitrogen and oxygen atoms in total. The predicted octanol–water partition coefficient (Wildman–Crippen LogP) is 3.02. The number of hydrogen-bond donors (Lipinski definition) is 1. The van der Waals surface area contributed by atoms with Crippen molar-refractivity contribution in [2.24, 2.45) is 5.92 Å². The molecule has 0 radical (unpaired) electrons. The maximum atomic E-state index is 5.80. The lowest BCUT2D eigenvalue weighted by atomic mass is 9.99. The van der Waals surface area contributed by atoms with E-state index in [1.54, 1.807) is 0 Å². The molecule has 2 rings (SSSR count). The third kappa shape index (κ3) is 2.09. The van der Waals surface area contributed by atoms with Crippen LogP contribution in [0.2, 0.25) is 0 Å². The number of aromatic nitrogens is 1. The van der Waals surface area contributed by atoms with Gasteiger partial charge in [-0.1, -0.05) is 13.8 Å². The number of nitrogens with two attached hydrogens (primary N) is 1. The van der Waals surface area contributed by atoms with Gasteiger partial charge in [-0.05, 0) is 42.2 Å². The van der Waals surface area contributed by atoms with Gasteiger partial charge in [-0.2, -0.15) is 0 Å². The minimum absolute atomic E-state index is 0.650. The van der Waals surface area contributed by atoms with Gasteiger partial charge in [0.15, 0.2) is 0 Å². The van der Waals surface area contributed by atoms with Crippen LogP contribution in [0.1, 0.15) is 19.4 Å². The molecule has 0 unspecified atom stereocenters. The van der Waals surface area contributed by atoms with Crippen LogP contribution >= 0.6 is 0 Å². The Morgan fingerprint density at radius 1 is 1.27 bits per heavy atom. The first-order chi connectivity index (χ1) is 7.16. The van der Waals surface area contributed by atoms with Crippen molar-refractivity contribution >= 4 is 16.6 Å². The molecule has 0 aliphatic carbocycles. The van der Waals surface area contributed by atoms with Crippen LogP contribution in [-0.2, 0) is 6.42 Å². The molecule has 1 aromatic carbocycles. The predicted molar refractivity (Wildman–Crippen MR) is 64.7 cm³/mol. The summed E-state index contributed by atoms with van der Waals surface area (Å²) in [5.74, 6) is 0.650. The molecule has 0 bridgehead atoms. The maximum Gasteiger partial charge on any atom is 0.0706 e. The number of benzene rings is 1. The van der Waals surface area contributed by atoms with Gasteiger partial charge in [0.2, 0.25) is 0 Å². The lowest BCUT2D eigenvalue weighted by Crippen LogP contribution is -1.96. The molecule has 15 heavy (non-hydrogen) atoms. The Morgan fingerprint density at radius 2 is 2.07 bits per heavy atom. The van der Waals surface area contributed by atoms with Gasteiger partial charge < -0.3 is 5.73 Å². The Bertz CT molecular complexity index is 475. The van der Waals surface area contributed by atoms with E-state index in [4.69, 9.17) is 5.73 Å². The fourth-order valence-electron chi connectivity index (χ4n) is 1.84. The summed E-state index contributed by atoms with van der Waals surface area (Å²) in [4.78, 5) is 4.33. The van der Waals surface area contributed by atoms with Crippen molar-refractivity contribution in [1.29, 1.82) is 0 Å². The Hall–Kier alpha value is -1.57. The second-order valence-electron chi connectivity index (χ2n) is 4.34. The highest BCUT2D eigenvalue weighted by atomic mass is 14.7. The smallest absolute Gasteiger partial charge is 0.0706 e. The van der Waals surface area contributed by atoms with Gasteiger partial charge in [0, 0.05) is 17.3 Å². The zero-order chi connectivity index (χ0) is 10.8. The summed E-state index contributed by atoms with van der Waals surface area (Å²) in [6.45, 7) is 4.44. The molecule has 0 amide bonds. The third-order valence-electron chi connectivity index (χ3n) is 2.48. The van der Waals surface area contributed by atoms with E-state index in [2.05, 4.69) is 24.9 Å². The average Bonchev–Trinajstić information content (AvgIpc) is 2.18. The molecule has 0 saturated carbocycles. The average molecular weight is 200 g/mol. The molecule has 2 heteroatoms. The van der Waals surface area contributed by atoms with Gasteiger partial charge in [-0.3, -0.25) is 4.98 Å². The zero-order valence-electron chi connectivity index (χ0n) is 9.20. The summed E-state index contributed by atoms with van der Waals surface area (Å²) < 4.78 is 0. The van der Waals surface area contributed by atoms with E-state index in [9.17, 15) is 0 Å². The number of pyridine rings is 1. The fraction of sp³-hybridized carbons (Fsp3) is 0.308. The monoisotopic (exact) mass is 200 g/mol. The molecular formula is C13H16N2. The second-order valence-corrected chi connectivity index (χ2v) is 4.34. The molecule has 0 fully saturated rings. The van der Waals surface area contributed by atoms with Crippen LogP contribution in [-0.4, -0.2) is 4.98 Å². The largest absolute Gasteiger partial charge is 0.399 e. The van der Waals surface area contributed by atoms with Crippen LogP contribution < -0.4 is 5.73 Å². The molecule has 0 aliphatic rings. The summed E-state index contributed by atoms with van der Waals surface area (Å²) in [6, 6.07) is 7.98. The van der Waals surface area contributed by atoms with Crippen molar-refractivity contribution < 1.29 is 0 Å². The molecule has 1 heterocycles. The molecular weight excluding hydrogens is 184 g/mol. The van der Waals surface area contributed by atoms with Gasteiger partial charge in [-0.25, -0.2) is 0 Å². The molecule has 0 aliphatic heterocycles. The Labute approximate surface area is 90.1 Å². The van der Waals surface area contributed by atoms with E-state index in [1.807, 2.05) is 24.4 Å². The van der Waals surface area contributed by atoms with Crippen molar-refractivity contribution in [3.8, 4) is 0 Å². The highest BCUT2D eigenvalue weighted by molar-refractivity contribution is 5.84. The van der Waals surface area contributed by atoms with Crippen LogP contribution in [0.5, 0.6) is 0 Å². The molecule has 78 valence electrons. The van der Waals surface area contributed by atoms with Gasteiger partial charge in [0.05, 0.1) is 5.52 Å². The lowest BCUT2D eigenvalue weighted by molar-refractivity contribution is 0.650. The van der Waals surface area contributed by atoms with Gasteiger partial charge in [-0.15, -0.1) is 0 Å². The van der Waals surface area contributed by atoms with Crippen molar-refractivity contribution in [3.05, 3.63) is 36.0 Å². The fourth-order valence-corrected chi connectivity index (χ4v) is 1.84. The van der Waals surface area contributed by atoms with E-state index in [1.165, 1.54) is 10.9 Å². The van der Waals surface area contributed by atoms with Crippen molar-refractivity contribution in [1.82, 2.24) is 4.98 Å². The van der Waals surface area contributed by atoms with Gasteiger partial charge in [0.25, 0.3) is 0 Å². The summed E-state index contributed by atoms with van der Waals surface area (Å²) >= 11 is 0. The first kappa shape index (κ1) is 9.97. The number of anilines is 1. The minimum Gasteiger partial charge on any atom is -0.399 e. The van der Waals surface area contributed by atoms with E-state index in [0.717, 1.165) is 17.6 Å². The van der Waals surface area contributed by atoms with Crippen LogP contribution in [0.3, 0.4) is 0 Å². The van der Waals surface area contributed by atoms with Crippen LogP contribution in [0.25, 0.3) is 10.9 Å². The Kier molecular flexibility index (Phi) is 2.58. The normalized spacial score (nSPS) is 11.1. The molecule has 0 spiro atoms. The van der Waals surface area contributed by atoms with E-state index in [-0.39, 0.29) is 0 Å². The highest BCUT2D eigenvalue weighted by Gasteiger charge is 2.04. The number of hydrogen-bond acceptors (Lipinski definition) is 2. The number of rotatable bonds is 2. The summed E-state index contributed by atoms with van der Waals surface area (Å²) in [5.41, 5.74) is 8.97. The number of nitrogens with zero attached hydrogens (tertiary/aromatic N) is 1. The van der Waals surface area contributed by atoms with Crippen molar-refractivity contribution in [3.63, 3.8) is 0 Å². The van der Waals surface area contributed by atoms with Crippen LogP contribution in [0.15, 0.2) is 30.5 Å². The first-order valence-corrected chi connectivity index (χ1v) is 5.30. The SMILES string of the molecule is CC(C)Cc1ccnc2ccc(N)cc12. The summed E-state index contributed by atoms with van der Waals surface area (Å²) in [7, 11) is 0. The minimum atomic E-state index is 0.650. The van der Waals surface area contributed by atoms with Gasteiger partial charge in [0.1, 0.15) is 0 Å². The van der Waals surface area contributed by atoms with Crippen molar-refractivity contribution in [2.45, 2.75) is 20.3 Å². The Morgan fingerprint density at radius 3 is 2.80 bits per heavy atom. The van der Waals surface area contributed by atoms with E-state index < -0.39 is 0 Å². The first-order valence-electron chi connectivity index (χ1n) is 5.30. The summed E-state index contributed by atoms with van der Waals surface area (Å²) in [6.07, 6.45) is 2.94. The summed E-state index contributed by atoms with van der Waals surface area (Å²) in [5, 5.41) is 1.19. The molecule has 2 N–H and O–H groups in total. The van der Waals surface area contributed by atoms with Crippen molar-refractivity contribution in [2.75, 3.05) is 5.73 Å². The Balaban J connectivity index is 2.58. The second kappa shape index (κ2) is 3.89. The topological polar surface area (TPSA) is 38.9 Å². The quantitative estimate of drug-likeness (QED) is 0.757. The van der Waals surface area contributed by atoms with Crippen LogP contribution in [0, 0.1) is 5.92 Å². The third-order valence-corrected chi connectivity index (χ3v) is 2.48. The van der Waals surface area contributed by atoms with E-state index >= 15 is 0 Å². The van der Waals surface area contributed by atoms with Crippen LogP contribution in [0.4, 0.5) is 5.69 Å². The number of fused-ring (bicyclic) bond motifs is 1. The molecule has 0 atom stereocenters. The molecule has 0 saturated heterocycles. The lowest BCUT2D eigenvalue weighted by Gasteiger charge is -2.08.